The van der Waals surface area contributed by atoms with Crippen molar-refractivity contribution in [2.75, 3.05) is 5.32 Å². The topological polar surface area (TPSA) is 68.0 Å². The number of nitrogens with one attached hydrogen (secondary N) is 1. The maximum atomic E-state index is 11.6. The molecule has 1 rings (SSSR count). The summed E-state index contributed by atoms with van der Waals surface area (Å²) in [5.41, 5.74) is 6.44. The van der Waals surface area contributed by atoms with Crippen molar-refractivity contribution in [3.8, 4) is 0 Å². The molecule has 0 saturated heterocycles. The van der Waals surface area contributed by atoms with Gasteiger partial charge >= 0.3 is 0 Å². The molecule has 0 aliphatic carbocycles. The number of hydrogen-bond acceptors (Lipinski definition) is 3. The lowest BCUT2D eigenvalue weighted by molar-refractivity contribution is -0.116. The van der Waals surface area contributed by atoms with E-state index in [1.165, 1.54) is 0 Å². The Balaban J connectivity index is 2.52. The molecule has 0 aliphatic rings. The van der Waals surface area contributed by atoms with E-state index in [1.807, 2.05) is 13.8 Å². The van der Waals surface area contributed by atoms with E-state index >= 15 is 0 Å². The maximum Gasteiger partial charge on any atom is 0.225 e. The molecular weight excluding hydrogens is 226 g/mol. The van der Waals surface area contributed by atoms with Crippen LogP contribution in [0, 0.1) is 5.92 Å². The summed E-state index contributed by atoms with van der Waals surface area (Å²) in [6.07, 6.45) is 1.85. The van der Waals surface area contributed by atoms with Crippen LogP contribution in [-0.4, -0.2) is 16.9 Å². The lowest BCUT2D eigenvalue weighted by atomic mass is 10.0. The number of halogens is 1. The molecule has 0 radical (unpaired) electrons. The van der Waals surface area contributed by atoms with Crippen LogP contribution in [-0.2, 0) is 4.79 Å². The summed E-state index contributed by atoms with van der Waals surface area (Å²) in [5.74, 6) is 0.176. The van der Waals surface area contributed by atoms with Crippen molar-refractivity contribution >= 4 is 23.2 Å². The van der Waals surface area contributed by atoms with E-state index in [9.17, 15) is 4.79 Å². The second kappa shape index (κ2) is 5.82. The first kappa shape index (κ1) is 12.9. The van der Waals surface area contributed by atoms with Crippen LogP contribution in [0.4, 0.5) is 5.69 Å². The fourth-order valence-corrected chi connectivity index (χ4v) is 1.32. The summed E-state index contributed by atoms with van der Waals surface area (Å²) < 4.78 is 0. The Morgan fingerprint density at radius 1 is 1.62 bits per heavy atom. The molecule has 4 nitrogen and oxygen atoms in total. The molecule has 0 fully saturated rings. The third kappa shape index (κ3) is 4.16. The summed E-state index contributed by atoms with van der Waals surface area (Å²) in [4.78, 5) is 15.4. The highest BCUT2D eigenvalue weighted by Crippen LogP contribution is 2.12. The van der Waals surface area contributed by atoms with Gasteiger partial charge in [-0.05, 0) is 18.1 Å². The molecule has 1 aromatic rings. The smallest absolute Gasteiger partial charge is 0.225 e. The van der Waals surface area contributed by atoms with Gasteiger partial charge in [-0.3, -0.25) is 4.79 Å². The van der Waals surface area contributed by atoms with Gasteiger partial charge in [-0.15, -0.1) is 0 Å². The van der Waals surface area contributed by atoms with E-state index in [-0.39, 0.29) is 17.9 Å². The van der Waals surface area contributed by atoms with Crippen molar-refractivity contribution < 1.29 is 4.79 Å². The number of anilines is 1. The zero-order valence-corrected chi connectivity index (χ0v) is 10.2. The number of pyridine rings is 1. The van der Waals surface area contributed by atoms with Crippen molar-refractivity contribution in [2.24, 2.45) is 11.7 Å². The first-order valence-electron chi connectivity index (χ1n) is 5.16. The van der Waals surface area contributed by atoms with Crippen LogP contribution in [0.15, 0.2) is 18.3 Å². The lowest BCUT2D eigenvalue weighted by Crippen LogP contribution is -2.31. The number of nitrogens with two attached hydrogens (primary N) is 1. The minimum atomic E-state index is -0.127. The van der Waals surface area contributed by atoms with E-state index in [4.69, 9.17) is 17.3 Å². The van der Waals surface area contributed by atoms with Crippen LogP contribution in [0.3, 0.4) is 0 Å². The van der Waals surface area contributed by atoms with E-state index in [1.54, 1.807) is 18.3 Å². The Morgan fingerprint density at radius 2 is 2.31 bits per heavy atom. The third-order valence-electron chi connectivity index (χ3n) is 2.29. The predicted octanol–water partition coefficient (Wildman–Crippen LogP) is 2.05. The van der Waals surface area contributed by atoms with Crippen LogP contribution < -0.4 is 11.1 Å². The molecule has 0 aromatic carbocycles. The van der Waals surface area contributed by atoms with Gasteiger partial charge in [-0.1, -0.05) is 25.4 Å². The Bertz CT molecular complexity index is 368. The Labute approximate surface area is 100 Å². The van der Waals surface area contributed by atoms with Gasteiger partial charge in [-0.2, -0.15) is 0 Å². The second-order valence-corrected chi connectivity index (χ2v) is 4.41. The first-order chi connectivity index (χ1) is 7.49. The summed E-state index contributed by atoms with van der Waals surface area (Å²) >= 11 is 5.70. The van der Waals surface area contributed by atoms with Crippen LogP contribution in [0.2, 0.25) is 5.15 Å². The predicted molar refractivity (Wildman–Crippen MR) is 65.3 cm³/mol. The molecule has 16 heavy (non-hydrogen) atoms. The van der Waals surface area contributed by atoms with Gasteiger partial charge in [0.25, 0.3) is 0 Å². The van der Waals surface area contributed by atoms with Crippen LogP contribution in [0.1, 0.15) is 20.3 Å². The second-order valence-electron chi connectivity index (χ2n) is 4.03. The molecule has 0 saturated carbocycles. The normalized spacial score (nSPS) is 12.6. The summed E-state index contributed by atoms with van der Waals surface area (Å²) in [5, 5.41) is 3.08. The van der Waals surface area contributed by atoms with Crippen molar-refractivity contribution in [3.05, 3.63) is 23.5 Å². The molecule has 1 unspecified atom stereocenters. The van der Waals surface area contributed by atoms with Gasteiger partial charge in [0.05, 0.1) is 0 Å². The van der Waals surface area contributed by atoms with Crippen LogP contribution in [0.25, 0.3) is 0 Å². The van der Waals surface area contributed by atoms with Crippen LogP contribution >= 0.6 is 11.6 Å². The molecule has 0 bridgehead atoms. The molecule has 3 N–H and O–H groups in total. The molecule has 88 valence electrons. The van der Waals surface area contributed by atoms with Gasteiger partial charge < -0.3 is 11.1 Å². The highest BCUT2D eigenvalue weighted by Gasteiger charge is 2.12. The molecule has 1 aromatic heterocycles. The average Bonchev–Trinajstić information content (AvgIpc) is 2.16. The van der Waals surface area contributed by atoms with Crippen molar-refractivity contribution in [1.29, 1.82) is 0 Å². The lowest BCUT2D eigenvalue weighted by Gasteiger charge is -2.14. The fourth-order valence-electron chi connectivity index (χ4n) is 1.14. The monoisotopic (exact) mass is 241 g/mol. The van der Waals surface area contributed by atoms with Crippen molar-refractivity contribution in [2.45, 2.75) is 26.3 Å². The minimum absolute atomic E-state index is 0.108. The highest BCUT2D eigenvalue weighted by atomic mass is 35.5. The molecule has 0 spiro atoms. The fraction of sp³-hybridized carbons (Fsp3) is 0.455. The van der Waals surface area contributed by atoms with Crippen molar-refractivity contribution in [3.63, 3.8) is 0 Å². The van der Waals surface area contributed by atoms with E-state index in [0.717, 1.165) is 0 Å². The van der Waals surface area contributed by atoms with Gasteiger partial charge in [0.15, 0.2) is 0 Å². The van der Waals surface area contributed by atoms with E-state index < -0.39 is 0 Å². The van der Waals surface area contributed by atoms with E-state index in [2.05, 4.69) is 10.3 Å². The Kier molecular flexibility index (Phi) is 4.71. The number of aromatic nitrogens is 1. The molecule has 1 atom stereocenters. The van der Waals surface area contributed by atoms with Gasteiger partial charge in [0.2, 0.25) is 5.91 Å². The SMILES string of the molecule is CC(C)C(N)CC(=O)Nc1ccnc(Cl)c1. The summed E-state index contributed by atoms with van der Waals surface area (Å²) in [7, 11) is 0. The molecule has 1 heterocycles. The number of amides is 1. The number of rotatable bonds is 4. The quantitative estimate of drug-likeness (QED) is 0.793. The van der Waals surface area contributed by atoms with Crippen molar-refractivity contribution in [1.82, 2.24) is 4.98 Å². The average molecular weight is 242 g/mol. The molecule has 1 amide bonds. The Hall–Kier alpha value is -1.13. The molecular formula is C11H16ClN3O. The first-order valence-corrected chi connectivity index (χ1v) is 5.54. The van der Waals surface area contributed by atoms with Gasteiger partial charge in [-0.25, -0.2) is 4.98 Å². The maximum absolute atomic E-state index is 11.6. The zero-order chi connectivity index (χ0) is 12.1. The van der Waals surface area contributed by atoms with Gasteiger partial charge in [0.1, 0.15) is 5.15 Å². The number of nitrogens with zero attached hydrogens (tertiary/aromatic N) is 1. The van der Waals surface area contributed by atoms with Crippen LogP contribution in [0.5, 0.6) is 0 Å². The highest BCUT2D eigenvalue weighted by molar-refractivity contribution is 6.29. The number of hydrogen-bond donors (Lipinski definition) is 2. The number of carbonyl (C=O) groups is 1. The molecule has 0 aliphatic heterocycles. The van der Waals surface area contributed by atoms with Gasteiger partial charge in [0, 0.05) is 24.3 Å². The Morgan fingerprint density at radius 3 is 2.88 bits per heavy atom. The van der Waals surface area contributed by atoms with E-state index in [0.29, 0.717) is 17.3 Å². The largest absolute Gasteiger partial charge is 0.327 e. The molecule has 5 heteroatoms. The third-order valence-corrected chi connectivity index (χ3v) is 2.49. The summed E-state index contributed by atoms with van der Waals surface area (Å²) in [6.45, 7) is 3.97. The summed E-state index contributed by atoms with van der Waals surface area (Å²) in [6, 6.07) is 3.16. The standard InChI is InChI=1S/C11H16ClN3O/c1-7(2)9(13)6-11(16)15-8-3-4-14-10(12)5-8/h3-5,7,9H,6,13H2,1-2H3,(H,14,15,16). The zero-order valence-electron chi connectivity index (χ0n) is 9.40. The minimum Gasteiger partial charge on any atom is -0.327 e. The number of carbonyl (C=O) groups excluding carboxylic acids is 1.